The summed E-state index contributed by atoms with van der Waals surface area (Å²) in [6, 6.07) is 30.3. The quantitative estimate of drug-likeness (QED) is 0.0674. The Hall–Kier alpha value is -5.49. The molecule has 0 saturated carbocycles. The zero-order chi connectivity index (χ0) is 37.7. The highest BCUT2D eigenvalue weighted by atomic mass is 16.6. The number of benzene rings is 4. The summed E-state index contributed by atoms with van der Waals surface area (Å²) in [7, 11) is 0. The van der Waals surface area contributed by atoms with Gasteiger partial charge >= 0.3 is 0 Å². The van der Waals surface area contributed by atoms with Crippen LogP contribution in [0.1, 0.15) is 58.8 Å². The first-order chi connectivity index (χ1) is 26.4. The minimum atomic E-state index is -0.669. The number of piperidine rings is 1. The van der Waals surface area contributed by atoms with Gasteiger partial charge in [-0.15, -0.1) is 0 Å². The summed E-state index contributed by atoms with van der Waals surface area (Å²) < 4.78 is 28.8. The molecule has 1 atom stereocenters. The second-order valence-corrected chi connectivity index (χ2v) is 12.9. The van der Waals surface area contributed by atoms with Gasteiger partial charge in [0, 0.05) is 17.5 Å². The lowest BCUT2D eigenvalue weighted by molar-refractivity contribution is -0.136. The number of nitrogens with one attached hydrogen (secondary N) is 1. The summed E-state index contributed by atoms with van der Waals surface area (Å²) in [5.41, 5.74) is 6.84. The second kappa shape index (κ2) is 19.0. The maximum absolute atomic E-state index is 13.0. The van der Waals surface area contributed by atoms with Gasteiger partial charge < -0.3 is 33.7 Å². The van der Waals surface area contributed by atoms with Crippen molar-refractivity contribution in [1.82, 2.24) is 10.2 Å². The molecule has 6 rings (SSSR count). The second-order valence-electron chi connectivity index (χ2n) is 12.9. The predicted molar refractivity (Wildman–Crippen MR) is 203 cm³/mol. The molecule has 3 amide bonds. The number of allylic oxidation sites excluding steroid dienone is 1. The Bertz CT molecular complexity index is 1910. The van der Waals surface area contributed by atoms with Crippen LogP contribution in [0.25, 0.3) is 11.1 Å². The molecule has 11 nitrogen and oxygen atoms in total. The van der Waals surface area contributed by atoms with Crippen LogP contribution in [-0.2, 0) is 30.3 Å². The predicted octanol–water partition coefficient (Wildman–Crippen LogP) is 6.03. The number of nitrogens with zero attached hydrogens (tertiary/aromatic N) is 1. The molecular formula is C43H46N2O9. The molecule has 4 aromatic carbocycles. The van der Waals surface area contributed by atoms with Crippen molar-refractivity contribution in [1.29, 1.82) is 0 Å². The topological polar surface area (TPSA) is 133 Å². The molecule has 2 aliphatic heterocycles. The SMILES string of the molecule is CCC(=C(c1ccc(O)cc1)c1ccc(OCCOCCOCCOCCOc2cccc3c2CN(C2CCC(=O)NC2=O)C3=O)cc1)c1ccccc1. The Morgan fingerprint density at radius 2 is 1.31 bits per heavy atom. The minimum Gasteiger partial charge on any atom is -0.508 e. The Kier molecular flexibility index (Phi) is 13.5. The first-order valence-electron chi connectivity index (χ1n) is 18.4. The van der Waals surface area contributed by atoms with Crippen LogP contribution in [0.4, 0.5) is 0 Å². The molecule has 2 aliphatic rings. The van der Waals surface area contributed by atoms with Crippen molar-refractivity contribution >= 4 is 28.9 Å². The van der Waals surface area contributed by atoms with Gasteiger partial charge in [0.25, 0.3) is 5.91 Å². The zero-order valence-electron chi connectivity index (χ0n) is 30.5. The van der Waals surface area contributed by atoms with Crippen LogP contribution in [0, 0.1) is 0 Å². The van der Waals surface area contributed by atoms with Crippen molar-refractivity contribution in [3.63, 3.8) is 0 Å². The molecular weight excluding hydrogens is 688 g/mol. The van der Waals surface area contributed by atoms with Gasteiger partial charge in [-0.2, -0.15) is 0 Å². The monoisotopic (exact) mass is 734 g/mol. The Morgan fingerprint density at radius 3 is 1.94 bits per heavy atom. The molecule has 0 spiro atoms. The van der Waals surface area contributed by atoms with Gasteiger partial charge in [-0.3, -0.25) is 19.7 Å². The van der Waals surface area contributed by atoms with Crippen LogP contribution < -0.4 is 14.8 Å². The summed E-state index contributed by atoms with van der Waals surface area (Å²) in [5, 5.41) is 12.2. The van der Waals surface area contributed by atoms with Crippen LogP contribution >= 0.6 is 0 Å². The third-order valence-electron chi connectivity index (χ3n) is 9.34. The Labute approximate surface area is 315 Å². The smallest absolute Gasteiger partial charge is 0.255 e. The average Bonchev–Trinajstić information content (AvgIpc) is 3.53. The lowest BCUT2D eigenvalue weighted by atomic mass is 9.88. The van der Waals surface area contributed by atoms with Gasteiger partial charge in [0.05, 0.1) is 46.2 Å². The summed E-state index contributed by atoms with van der Waals surface area (Å²) in [5.74, 6) is 0.573. The molecule has 2 N–H and O–H groups in total. The van der Waals surface area contributed by atoms with E-state index in [1.807, 2.05) is 42.5 Å². The fourth-order valence-electron chi connectivity index (χ4n) is 6.69. The summed E-state index contributed by atoms with van der Waals surface area (Å²) in [6.45, 7) is 5.53. The highest BCUT2D eigenvalue weighted by Gasteiger charge is 2.40. The van der Waals surface area contributed by atoms with Crippen molar-refractivity contribution < 1.29 is 43.2 Å². The molecule has 0 radical (unpaired) electrons. The number of ether oxygens (including phenoxy) is 5. The average molecular weight is 735 g/mol. The number of hydrogen-bond acceptors (Lipinski definition) is 9. The molecule has 2 heterocycles. The number of hydrogen-bond donors (Lipinski definition) is 2. The number of amides is 3. The van der Waals surface area contributed by atoms with Crippen molar-refractivity contribution in [3.05, 3.63) is 125 Å². The standard InChI is InChI=1S/C43H46N2O9/c1-2-35(30-7-4-3-5-8-30)41(31-11-15-33(46)16-12-31)32-13-17-34(18-14-32)53-27-25-51-23-21-50-22-24-52-26-28-54-39-10-6-9-36-37(39)29-45(43(36)49)38-19-20-40(47)44-42(38)48/h3-18,38,46H,2,19-29H2,1H3,(H,44,47,48). The third kappa shape index (κ3) is 9.73. The van der Waals surface area contributed by atoms with E-state index in [4.69, 9.17) is 23.7 Å². The molecule has 0 bridgehead atoms. The molecule has 54 heavy (non-hydrogen) atoms. The lowest BCUT2D eigenvalue weighted by Crippen LogP contribution is -2.52. The normalized spacial score (nSPS) is 15.8. The number of carbonyl (C=O) groups excluding carboxylic acids is 3. The first-order valence-corrected chi connectivity index (χ1v) is 18.4. The van der Waals surface area contributed by atoms with Gasteiger partial charge in [0.2, 0.25) is 11.8 Å². The van der Waals surface area contributed by atoms with Gasteiger partial charge in [0.15, 0.2) is 0 Å². The molecule has 11 heteroatoms. The molecule has 0 aromatic heterocycles. The number of imide groups is 1. The molecule has 1 fully saturated rings. The number of rotatable bonds is 19. The van der Waals surface area contributed by atoms with Crippen molar-refractivity contribution in [3.8, 4) is 17.2 Å². The Balaban J connectivity index is 0.850. The Morgan fingerprint density at radius 1 is 0.704 bits per heavy atom. The summed E-state index contributed by atoms with van der Waals surface area (Å²) in [4.78, 5) is 38.4. The number of phenolic OH excluding ortho intramolecular Hbond substituents is 1. The van der Waals surface area contributed by atoms with Crippen LogP contribution in [-0.4, -0.2) is 86.6 Å². The van der Waals surface area contributed by atoms with E-state index in [1.165, 1.54) is 10.5 Å². The van der Waals surface area contributed by atoms with Crippen LogP contribution in [0.2, 0.25) is 0 Å². The maximum atomic E-state index is 13.0. The van der Waals surface area contributed by atoms with Gasteiger partial charge in [0.1, 0.15) is 36.5 Å². The lowest BCUT2D eigenvalue weighted by Gasteiger charge is -2.29. The largest absolute Gasteiger partial charge is 0.508 e. The van der Waals surface area contributed by atoms with Gasteiger partial charge in [-0.25, -0.2) is 0 Å². The number of phenols is 1. The van der Waals surface area contributed by atoms with Crippen molar-refractivity contribution in [2.45, 2.75) is 38.8 Å². The van der Waals surface area contributed by atoms with Crippen molar-refractivity contribution in [2.24, 2.45) is 0 Å². The van der Waals surface area contributed by atoms with E-state index >= 15 is 0 Å². The molecule has 0 aliphatic carbocycles. The number of aromatic hydroxyl groups is 1. The highest BCUT2D eigenvalue weighted by molar-refractivity contribution is 6.05. The maximum Gasteiger partial charge on any atom is 0.255 e. The van der Waals surface area contributed by atoms with Crippen LogP contribution in [0.3, 0.4) is 0 Å². The van der Waals surface area contributed by atoms with E-state index in [0.717, 1.165) is 40.0 Å². The van der Waals surface area contributed by atoms with E-state index in [0.29, 0.717) is 70.6 Å². The van der Waals surface area contributed by atoms with E-state index in [1.54, 1.807) is 30.3 Å². The van der Waals surface area contributed by atoms with Crippen LogP contribution in [0.5, 0.6) is 17.2 Å². The molecule has 1 unspecified atom stereocenters. The van der Waals surface area contributed by atoms with Crippen LogP contribution in [0.15, 0.2) is 97.1 Å². The molecule has 4 aromatic rings. The number of fused-ring (bicyclic) bond motifs is 1. The third-order valence-corrected chi connectivity index (χ3v) is 9.34. The summed E-state index contributed by atoms with van der Waals surface area (Å²) >= 11 is 0. The zero-order valence-corrected chi connectivity index (χ0v) is 30.5. The first kappa shape index (κ1) is 38.2. The highest BCUT2D eigenvalue weighted by Crippen LogP contribution is 2.36. The minimum absolute atomic E-state index is 0.208. The fraction of sp³-hybridized carbons (Fsp3) is 0.326. The van der Waals surface area contributed by atoms with Gasteiger partial charge in [-0.05, 0) is 77.1 Å². The number of carbonyl (C=O) groups is 3. The fourth-order valence-corrected chi connectivity index (χ4v) is 6.69. The van der Waals surface area contributed by atoms with Crippen molar-refractivity contribution in [2.75, 3.05) is 52.9 Å². The van der Waals surface area contributed by atoms with E-state index < -0.39 is 11.9 Å². The van der Waals surface area contributed by atoms with E-state index in [-0.39, 0.29) is 30.5 Å². The van der Waals surface area contributed by atoms with E-state index in [2.05, 4.69) is 36.5 Å². The summed E-state index contributed by atoms with van der Waals surface area (Å²) in [6.07, 6.45) is 1.37. The van der Waals surface area contributed by atoms with Gasteiger partial charge in [-0.1, -0.05) is 67.6 Å². The van der Waals surface area contributed by atoms with E-state index in [9.17, 15) is 19.5 Å². The molecule has 282 valence electrons. The molecule has 1 saturated heterocycles.